The number of ether oxygens (including phenoxy) is 1. The number of nitrogens with two attached hydrogens (primary N) is 1. The van der Waals surface area contributed by atoms with E-state index in [2.05, 4.69) is 94.6 Å². The molecule has 0 spiro atoms. The monoisotopic (exact) mass is 806 g/mol. The Morgan fingerprint density at radius 3 is 2.37 bits per heavy atom. The Bertz CT molecular complexity index is 1170. The Morgan fingerprint density at radius 2 is 1.76 bits per heavy atom. The standard InChI is InChI=1S/C28H44N4.C11H22O2.W/c1-5-6-9-16-30-25-19-27(29)31-26-18-22(14-15-24(25)26)11-8-7-10-17-32(4)21-28(2,3)20-23-12-13-23;1-7-11(5,6)8-9(12)13-10(2,3)4;/h14-16,18,23H,5-13,17,20-21H2,1-4H3,(H3,29,30,31);7-8H2,1-6H3;/q-2;;+2. The first-order valence-corrected chi connectivity index (χ1v) is 17.6. The number of pyridine rings is 1. The van der Waals surface area contributed by atoms with Crippen molar-refractivity contribution in [3.8, 4) is 0 Å². The van der Waals surface area contributed by atoms with Gasteiger partial charge in [-0.3, -0.25) is 9.78 Å². The Labute approximate surface area is 297 Å². The number of carbonyl (C=O) groups excluding carboxylic acids is 1. The minimum absolute atomic E-state index is 0. The summed E-state index contributed by atoms with van der Waals surface area (Å²) in [6.45, 7) is 23.5. The van der Waals surface area contributed by atoms with Crippen molar-refractivity contribution in [3.05, 3.63) is 36.4 Å². The van der Waals surface area contributed by atoms with Gasteiger partial charge in [0.15, 0.2) is 0 Å². The molecular formula is C39H66N4O2W. The maximum absolute atomic E-state index is 11.4. The summed E-state index contributed by atoms with van der Waals surface area (Å²) in [6, 6.07) is 9.76. The van der Waals surface area contributed by atoms with Gasteiger partial charge in [0.2, 0.25) is 0 Å². The van der Waals surface area contributed by atoms with E-state index in [4.69, 9.17) is 10.5 Å². The van der Waals surface area contributed by atoms with Gasteiger partial charge in [-0.2, -0.15) is 18.2 Å². The second-order valence-electron chi connectivity index (χ2n) is 16.0. The molecule has 3 rings (SSSR count). The molecule has 2 aromatic rings. The summed E-state index contributed by atoms with van der Waals surface area (Å²) in [5, 5.41) is 4.47. The molecule has 1 aliphatic rings. The van der Waals surface area contributed by atoms with Crippen molar-refractivity contribution in [2.45, 2.75) is 145 Å². The van der Waals surface area contributed by atoms with Gasteiger partial charge in [-0.05, 0) is 87.9 Å². The molecule has 3 N–H and O–H groups in total. The van der Waals surface area contributed by atoms with E-state index in [0.717, 1.165) is 41.8 Å². The second-order valence-corrected chi connectivity index (χ2v) is 16.0. The predicted molar refractivity (Wildman–Crippen MR) is 193 cm³/mol. The van der Waals surface area contributed by atoms with Gasteiger partial charge >= 0.3 is 27.0 Å². The number of unbranched alkanes of at least 4 members (excludes halogenated alkanes) is 4. The second kappa shape index (κ2) is 20.0. The maximum Gasteiger partial charge on any atom is 2.00 e. The molecule has 1 heterocycles. The van der Waals surface area contributed by atoms with Gasteiger partial charge in [0.05, 0.1) is 6.42 Å². The van der Waals surface area contributed by atoms with E-state index in [1.165, 1.54) is 70.0 Å². The van der Waals surface area contributed by atoms with Crippen LogP contribution in [0.2, 0.25) is 0 Å². The first-order chi connectivity index (χ1) is 21.0. The van der Waals surface area contributed by atoms with E-state index >= 15 is 0 Å². The number of fused-ring (bicyclic) bond motifs is 1. The number of anilines is 2. The van der Waals surface area contributed by atoms with Crippen molar-refractivity contribution in [2.24, 2.45) is 16.7 Å². The van der Waals surface area contributed by atoms with E-state index in [9.17, 15) is 4.79 Å². The van der Waals surface area contributed by atoms with Gasteiger partial charge in [0, 0.05) is 12.4 Å². The van der Waals surface area contributed by atoms with E-state index in [-0.39, 0.29) is 38.1 Å². The van der Waals surface area contributed by atoms with Crippen LogP contribution in [0, 0.1) is 29.4 Å². The molecule has 0 amide bonds. The van der Waals surface area contributed by atoms with Gasteiger partial charge in [0.1, 0.15) is 5.60 Å². The number of hydrogen-bond acceptors (Lipinski definition) is 6. The summed E-state index contributed by atoms with van der Waals surface area (Å²) in [7, 11) is 2.29. The van der Waals surface area contributed by atoms with Crippen molar-refractivity contribution in [1.29, 1.82) is 0 Å². The number of aryl methyl sites for hydroxylation is 1. The molecule has 1 aliphatic carbocycles. The summed E-state index contributed by atoms with van der Waals surface area (Å²) in [5.74, 6) is 1.36. The molecule has 0 unspecified atom stereocenters. The average Bonchev–Trinajstić information content (AvgIpc) is 3.72. The maximum atomic E-state index is 11.4. The number of esters is 1. The number of nitrogen functional groups attached to an aromatic ring is 1. The molecule has 46 heavy (non-hydrogen) atoms. The first-order valence-electron chi connectivity index (χ1n) is 17.6. The van der Waals surface area contributed by atoms with Crippen LogP contribution < -0.4 is 11.1 Å². The molecule has 0 aliphatic heterocycles. The molecule has 1 aromatic heterocycles. The van der Waals surface area contributed by atoms with Crippen LogP contribution in [-0.4, -0.2) is 41.6 Å². The van der Waals surface area contributed by atoms with Crippen molar-refractivity contribution < 1.29 is 30.6 Å². The third-order valence-corrected chi connectivity index (χ3v) is 8.52. The number of nitrogens with one attached hydrogen (secondary N) is 1. The molecule has 7 heteroatoms. The normalized spacial score (nSPS) is 13.6. The SMILES string of the molecule is CCC(C)(C)CC(=O)OC(C)(C)C.CCCC[CH-]Nc1[c-]c(N)nc2cc(CCCCCN(C)CC(C)(C)CC3CC3)ccc12.[W+2]. The van der Waals surface area contributed by atoms with Crippen LogP contribution in [0.4, 0.5) is 11.5 Å². The van der Waals surface area contributed by atoms with Crippen LogP contribution in [0.5, 0.6) is 0 Å². The molecule has 0 saturated heterocycles. The number of carbonyl (C=O) groups is 1. The van der Waals surface area contributed by atoms with E-state index < -0.39 is 0 Å². The zero-order valence-corrected chi connectivity index (χ0v) is 33.9. The molecule has 260 valence electrons. The van der Waals surface area contributed by atoms with Crippen molar-refractivity contribution >= 4 is 28.4 Å². The summed E-state index contributed by atoms with van der Waals surface area (Å²) < 4.78 is 5.24. The number of benzene rings is 1. The quantitative estimate of drug-likeness (QED) is 0.0888. The molecule has 0 bridgehead atoms. The zero-order valence-electron chi connectivity index (χ0n) is 31.0. The molecule has 6 nitrogen and oxygen atoms in total. The molecule has 1 aromatic carbocycles. The Balaban J connectivity index is 0.000000642. The zero-order chi connectivity index (χ0) is 33.7. The first kappa shape index (κ1) is 42.4. The van der Waals surface area contributed by atoms with Crippen LogP contribution in [0.15, 0.2) is 18.2 Å². The molecule has 1 fully saturated rings. The van der Waals surface area contributed by atoms with Gasteiger partial charge < -0.3 is 20.7 Å². The van der Waals surface area contributed by atoms with Crippen LogP contribution >= 0.6 is 0 Å². The van der Waals surface area contributed by atoms with Gasteiger partial charge in [-0.1, -0.05) is 92.2 Å². The fourth-order valence-corrected chi connectivity index (χ4v) is 5.74. The van der Waals surface area contributed by atoms with Gasteiger partial charge in [0.25, 0.3) is 0 Å². The molecule has 0 radical (unpaired) electrons. The third-order valence-electron chi connectivity index (χ3n) is 8.52. The van der Waals surface area contributed by atoms with E-state index in [0.29, 0.717) is 17.7 Å². The largest absolute Gasteiger partial charge is 2.00 e. The number of aromatic nitrogens is 1. The summed E-state index contributed by atoms with van der Waals surface area (Å²) >= 11 is 0. The van der Waals surface area contributed by atoms with E-state index in [1.807, 2.05) is 20.8 Å². The molecule has 1 saturated carbocycles. The van der Waals surface area contributed by atoms with Crippen LogP contribution in [0.1, 0.15) is 139 Å². The van der Waals surface area contributed by atoms with Crippen molar-refractivity contribution in [3.63, 3.8) is 0 Å². The van der Waals surface area contributed by atoms with Crippen LogP contribution in [-0.2, 0) is 37.0 Å². The van der Waals surface area contributed by atoms with Crippen LogP contribution in [0.3, 0.4) is 0 Å². The van der Waals surface area contributed by atoms with Gasteiger partial charge in [-0.15, -0.1) is 11.5 Å². The minimum atomic E-state index is -0.360. The average molecular weight is 807 g/mol. The molecular weight excluding hydrogens is 740 g/mol. The minimum Gasteiger partial charge on any atom is -0.564 e. The summed E-state index contributed by atoms with van der Waals surface area (Å²) in [4.78, 5) is 18.5. The Morgan fingerprint density at radius 1 is 1.07 bits per heavy atom. The number of rotatable bonds is 18. The number of hydrogen-bond donors (Lipinski definition) is 2. The Hall–Kier alpha value is -1.65. The van der Waals surface area contributed by atoms with Crippen molar-refractivity contribution in [2.75, 3.05) is 31.2 Å². The van der Waals surface area contributed by atoms with Crippen molar-refractivity contribution in [1.82, 2.24) is 9.88 Å². The fraction of sp³-hybridized carbons (Fsp3) is 0.718. The van der Waals surface area contributed by atoms with Crippen LogP contribution in [0.25, 0.3) is 10.9 Å². The third kappa shape index (κ3) is 18.0. The molecule has 0 atom stereocenters. The summed E-state index contributed by atoms with van der Waals surface area (Å²) in [6.07, 6.45) is 14.1. The van der Waals surface area contributed by atoms with Gasteiger partial charge in [-0.25, -0.2) is 6.54 Å². The predicted octanol–water partition coefficient (Wildman–Crippen LogP) is 10.0. The fourth-order valence-electron chi connectivity index (χ4n) is 5.74. The smallest absolute Gasteiger partial charge is 0.564 e. The summed E-state index contributed by atoms with van der Waals surface area (Å²) in [5.41, 5.74) is 9.41. The van der Waals surface area contributed by atoms with E-state index in [1.54, 1.807) is 0 Å². The Kier molecular flexibility index (Phi) is 18.4. The topological polar surface area (TPSA) is 80.5 Å². The number of nitrogens with zero attached hydrogens (tertiary/aromatic N) is 2.